The molecule has 3 nitrogen and oxygen atoms in total. The molecule has 0 unspecified atom stereocenters. The molecule has 0 aliphatic heterocycles. The summed E-state index contributed by atoms with van der Waals surface area (Å²) in [4.78, 5) is 13.4. The maximum atomic E-state index is 11.9. The van der Waals surface area contributed by atoms with Crippen LogP contribution < -0.4 is 5.32 Å². The number of hydrogen-bond acceptors (Lipinski definition) is 4. The van der Waals surface area contributed by atoms with E-state index >= 15 is 0 Å². The van der Waals surface area contributed by atoms with Crippen molar-refractivity contribution in [3.8, 4) is 0 Å². The first-order valence-electron chi connectivity index (χ1n) is 6.32. The van der Waals surface area contributed by atoms with Crippen molar-refractivity contribution in [2.75, 3.05) is 13.2 Å². The largest absolute Gasteiger partial charge is 0.396 e. The average molecular weight is 285 g/mol. The minimum atomic E-state index is -0.102. The van der Waals surface area contributed by atoms with E-state index in [4.69, 9.17) is 0 Å². The van der Waals surface area contributed by atoms with Crippen LogP contribution in [0.3, 0.4) is 0 Å². The molecule has 5 heteroatoms. The molecule has 0 saturated heterocycles. The van der Waals surface area contributed by atoms with Crippen LogP contribution in [0.5, 0.6) is 0 Å². The Bertz CT molecular complexity index is 411. The van der Waals surface area contributed by atoms with E-state index in [0.717, 1.165) is 30.6 Å². The maximum absolute atomic E-state index is 11.9. The van der Waals surface area contributed by atoms with E-state index in [0.29, 0.717) is 11.4 Å². The van der Waals surface area contributed by atoms with Crippen LogP contribution in [-0.4, -0.2) is 24.2 Å². The van der Waals surface area contributed by atoms with E-state index < -0.39 is 0 Å². The minimum Gasteiger partial charge on any atom is -0.396 e. The topological polar surface area (TPSA) is 49.3 Å². The number of carbonyl (C=O) groups excluding carboxylic acids is 1. The monoisotopic (exact) mass is 285 g/mol. The zero-order valence-corrected chi connectivity index (χ0v) is 12.0. The Morgan fingerprint density at radius 1 is 1.44 bits per heavy atom. The number of thiophene rings is 1. The van der Waals surface area contributed by atoms with Crippen molar-refractivity contribution >= 4 is 29.9 Å². The van der Waals surface area contributed by atoms with Crippen LogP contribution in [-0.2, 0) is 0 Å². The molecule has 0 aromatic carbocycles. The van der Waals surface area contributed by atoms with Gasteiger partial charge in [-0.1, -0.05) is 19.3 Å². The average Bonchev–Trinajstić information content (AvgIpc) is 2.84. The van der Waals surface area contributed by atoms with Gasteiger partial charge in [0.15, 0.2) is 0 Å². The van der Waals surface area contributed by atoms with E-state index in [9.17, 15) is 9.90 Å². The summed E-state index contributed by atoms with van der Waals surface area (Å²) >= 11 is 5.59. The van der Waals surface area contributed by atoms with Gasteiger partial charge < -0.3 is 10.4 Å². The number of rotatable bonds is 4. The lowest BCUT2D eigenvalue weighted by molar-refractivity contribution is 0.0720. The molecular weight excluding hydrogens is 266 g/mol. The molecule has 1 amide bonds. The van der Waals surface area contributed by atoms with E-state index in [2.05, 4.69) is 17.9 Å². The summed E-state index contributed by atoms with van der Waals surface area (Å²) in [6.07, 6.45) is 5.55. The smallest absolute Gasteiger partial charge is 0.261 e. The number of thiol groups is 1. The number of nitrogens with one attached hydrogen (secondary N) is 1. The molecule has 18 heavy (non-hydrogen) atoms. The summed E-state index contributed by atoms with van der Waals surface area (Å²) in [6, 6.07) is 1.77. The maximum Gasteiger partial charge on any atom is 0.261 e. The molecule has 1 aromatic rings. The van der Waals surface area contributed by atoms with Crippen LogP contribution in [0.4, 0.5) is 0 Å². The van der Waals surface area contributed by atoms with Crippen molar-refractivity contribution in [3.05, 3.63) is 16.3 Å². The summed E-state index contributed by atoms with van der Waals surface area (Å²) in [5.41, 5.74) is -0.102. The van der Waals surface area contributed by atoms with Crippen molar-refractivity contribution in [2.45, 2.75) is 37.0 Å². The summed E-state index contributed by atoms with van der Waals surface area (Å²) in [5.74, 6) is -0.0568. The molecule has 1 aliphatic rings. The normalized spacial score (nSPS) is 18.6. The van der Waals surface area contributed by atoms with Gasteiger partial charge >= 0.3 is 0 Å². The van der Waals surface area contributed by atoms with Gasteiger partial charge in [0.1, 0.15) is 0 Å². The Labute approximate surface area is 117 Å². The van der Waals surface area contributed by atoms with Gasteiger partial charge in [-0.25, -0.2) is 0 Å². The summed E-state index contributed by atoms with van der Waals surface area (Å²) in [5, 5.41) is 14.4. The van der Waals surface area contributed by atoms with E-state index in [1.807, 2.05) is 5.38 Å². The fourth-order valence-electron chi connectivity index (χ4n) is 2.49. The molecule has 1 heterocycles. The summed E-state index contributed by atoms with van der Waals surface area (Å²) in [6.45, 7) is 0.734. The predicted molar refractivity (Wildman–Crippen MR) is 76.5 cm³/mol. The lowest BCUT2D eigenvalue weighted by atomic mass is 9.74. The number of hydrogen-bond donors (Lipinski definition) is 3. The Kier molecular flexibility index (Phi) is 4.70. The van der Waals surface area contributed by atoms with Crippen molar-refractivity contribution in [2.24, 2.45) is 5.41 Å². The van der Waals surface area contributed by atoms with Crippen molar-refractivity contribution in [1.82, 2.24) is 5.32 Å². The lowest BCUT2D eigenvalue weighted by Crippen LogP contribution is -2.41. The van der Waals surface area contributed by atoms with E-state index in [1.54, 1.807) is 6.07 Å². The number of aliphatic hydroxyl groups excluding tert-OH is 1. The lowest BCUT2D eigenvalue weighted by Gasteiger charge is -2.35. The van der Waals surface area contributed by atoms with Crippen molar-refractivity contribution in [1.29, 1.82) is 0 Å². The van der Waals surface area contributed by atoms with E-state index in [1.165, 1.54) is 17.8 Å². The Hall–Kier alpha value is -0.520. The molecule has 0 atom stereocenters. The quantitative estimate of drug-likeness (QED) is 0.745. The fourth-order valence-corrected chi connectivity index (χ4v) is 3.56. The molecule has 0 radical (unpaired) electrons. The van der Waals surface area contributed by atoms with E-state index in [-0.39, 0.29) is 17.9 Å². The van der Waals surface area contributed by atoms with Gasteiger partial charge in [0.25, 0.3) is 5.91 Å². The zero-order chi connectivity index (χ0) is 13.0. The third-order valence-electron chi connectivity index (χ3n) is 3.68. The highest BCUT2D eigenvalue weighted by atomic mass is 32.1. The number of aliphatic hydroxyl groups is 1. The molecular formula is C13H19NO2S2. The summed E-state index contributed by atoms with van der Waals surface area (Å²) in [7, 11) is 0. The minimum absolute atomic E-state index is 0.0568. The molecule has 2 rings (SSSR count). The fraction of sp³-hybridized carbons (Fsp3) is 0.615. The summed E-state index contributed by atoms with van der Waals surface area (Å²) < 4.78 is 0. The van der Waals surface area contributed by atoms with Crippen molar-refractivity contribution in [3.63, 3.8) is 0 Å². The highest BCUT2D eigenvalue weighted by molar-refractivity contribution is 7.80. The number of carbonyl (C=O) groups is 1. The van der Waals surface area contributed by atoms with Crippen LogP contribution in [0.1, 0.15) is 41.8 Å². The molecule has 1 fully saturated rings. The van der Waals surface area contributed by atoms with Crippen LogP contribution >= 0.6 is 24.0 Å². The second kappa shape index (κ2) is 6.08. The van der Waals surface area contributed by atoms with Crippen LogP contribution in [0, 0.1) is 5.41 Å². The standard InChI is InChI=1S/C13H19NO2S2/c15-9-13(4-2-1-3-5-13)8-14-12(16)11-6-10(17)7-18-11/h6-7,15,17H,1-5,8-9H2,(H,14,16). The first-order chi connectivity index (χ1) is 8.65. The molecule has 1 saturated carbocycles. The third kappa shape index (κ3) is 3.28. The first kappa shape index (κ1) is 13.9. The Balaban J connectivity index is 1.91. The molecule has 2 N–H and O–H groups in total. The first-order valence-corrected chi connectivity index (χ1v) is 7.64. The predicted octanol–water partition coefficient (Wildman–Crippen LogP) is 2.71. The van der Waals surface area contributed by atoms with Gasteiger partial charge in [-0.05, 0) is 18.9 Å². The zero-order valence-electron chi connectivity index (χ0n) is 10.3. The van der Waals surface area contributed by atoms with Crippen LogP contribution in [0.25, 0.3) is 0 Å². The Morgan fingerprint density at radius 2 is 2.17 bits per heavy atom. The van der Waals surface area contributed by atoms with Gasteiger partial charge in [0.2, 0.25) is 0 Å². The van der Waals surface area contributed by atoms with Crippen LogP contribution in [0.2, 0.25) is 0 Å². The van der Waals surface area contributed by atoms with Crippen LogP contribution in [0.15, 0.2) is 16.3 Å². The van der Waals surface area contributed by atoms with Gasteiger partial charge in [0.05, 0.1) is 11.5 Å². The van der Waals surface area contributed by atoms with Crippen molar-refractivity contribution < 1.29 is 9.90 Å². The highest BCUT2D eigenvalue weighted by Gasteiger charge is 2.31. The second-order valence-corrected chi connectivity index (χ2v) is 6.50. The van der Waals surface area contributed by atoms with Gasteiger partial charge in [-0.3, -0.25) is 4.79 Å². The third-order valence-corrected chi connectivity index (χ3v) is 5.04. The van der Waals surface area contributed by atoms with Gasteiger partial charge in [-0.15, -0.1) is 24.0 Å². The molecule has 0 spiro atoms. The molecule has 100 valence electrons. The molecule has 1 aromatic heterocycles. The highest BCUT2D eigenvalue weighted by Crippen LogP contribution is 2.35. The number of amides is 1. The second-order valence-electron chi connectivity index (χ2n) is 5.07. The molecule has 0 bridgehead atoms. The SMILES string of the molecule is O=C(NCC1(CO)CCCCC1)c1cc(S)cs1. The Morgan fingerprint density at radius 3 is 2.72 bits per heavy atom. The molecule has 1 aliphatic carbocycles. The van der Waals surface area contributed by atoms with Gasteiger partial charge in [0, 0.05) is 22.2 Å². The van der Waals surface area contributed by atoms with Gasteiger partial charge in [-0.2, -0.15) is 0 Å².